The number of hydrogen-bond acceptors (Lipinski definition) is 8. The Morgan fingerprint density at radius 3 is 1.37 bits per heavy atom. The molecule has 1 fully saturated rings. The maximum atomic E-state index is 10.3. The van der Waals surface area contributed by atoms with Crippen molar-refractivity contribution in [2.75, 3.05) is 0 Å². The van der Waals surface area contributed by atoms with Gasteiger partial charge in [0.05, 0.1) is 12.1 Å². The van der Waals surface area contributed by atoms with Crippen molar-refractivity contribution in [2.45, 2.75) is 104 Å². The van der Waals surface area contributed by atoms with Crippen LogP contribution in [0.5, 0.6) is 11.5 Å². The van der Waals surface area contributed by atoms with E-state index in [0.717, 1.165) is 50.7 Å². The van der Waals surface area contributed by atoms with Crippen LogP contribution >= 0.6 is 0 Å². The van der Waals surface area contributed by atoms with Crippen molar-refractivity contribution in [1.29, 1.82) is 0 Å². The number of hydrogen-bond donors (Lipinski definition) is 2. The van der Waals surface area contributed by atoms with Crippen molar-refractivity contribution in [3.63, 3.8) is 0 Å². The summed E-state index contributed by atoms with van der Waals surface area (Å²) >= 11 is 0. The summed E-state index contributed by atoms with van der Waals surface area (Å²) in [6.07, 6.45) is 7.67. The topological polar surface area (TPSA) is 145 Å². The number of rotatable bonds is 4. The third kappa shape index (κ3) is 14.9. The van der Waals surface area contributed by atoms with E-state index in [9.17, 15) is 10.2 Å². The zero-order chi connectivity index (χ0) is 30.7. The van der Waals surface area contributed by atoms with Gasteiger partial charge in [-0.3, -0.25) is 9.98 Å². The zero-order valence-electron chi connectivity index (χ0n) is 25.4. The van der Waals surface area contributed by atoms with Crippen molar-refractivity contribution in [3.8, 4) is 11.5 Å². The summed E-state index contributed by atoms with van der Waals surface area (Å²) in [4.78, 5) is 27.4. The summed E-state index contributed by atoms with van der Waals surface area (Å²) in [5.74, 6) is -1.64. The number of phenolic OH excluding ortho intramolecular Hbond substituents is 2. The van der Waals surface area contributed by atoms with Gasteiger partial charge in [-0.2, -0.15) is 0 Å². The Balaban J connectivity index is 0.00000158. The SMILES string of the molecule is CC(=O)[O-].CC(=O)[O-].CC(C)(C)c1ccc(O)c(C=NC2CCCC(N=Cc3cc(C(C)(C)C)ccc3O)C2)c1.[Co+2]. The molecule has 1 aliphatic carbocycles. The fourth-order valence-corrected chi connectivity index (χ4v) is 4.03. The second kappa shape index (κ2) is 16.9. The van der Waals surface area contributed by atoms with Crippen LogP contribution in [0.25, 0.3) is 0 Å². The predicted octanol–water partition coefficient (Wildman–Crippen LogP) is 4.05. The summed E-state index contributed by atoms with van der Waals surface area (Å²) in [5, 5.41) is 38.3. The number of carbonyl (C=O) groups is 2. The van der Waals surface area contributed by atoms with E-state index in [1.807, 2.05) is 36.7 Å². The Hall–Kier alpha value is -3.17. The van der Waals surface area contributed by atoms with Gasteiger partial charge in [-0.1, -0.05) is 53.7 Å². The van der Waals surface area contributed by atoms with Crippen LogP contribution in [-0.2, 0) is 37.2 Å². The molecule has 1 saturated carbocycles. The second-order valence-corrected chi connectivity index (χ2v) is 12.1. The minimum atomic E-state index is -1.08. The second-order valence-electron chi connectivity index (χ2n) is 12.1. The van der Waals surface area contributed by atoms with E-state index in [1.54, 1.807) is 12.1 Å². The number of aliphatic carboxylic acids is 2. The van der Waals surface area contributed by atoms with Crippen molar-refractivity contribution in [1.82, 2.24) is 0 Å². The van der Waals surface area contributed by atoms with E-state index in [4.69, 9.17) is 29.8 Å². The minimum Gasteiger partial charge on any atom is -0.550 e. The minimum absolute atomic E-state index is 0. The monoisotopic (exact) mass is 611 g/mol. The largest absolute Gasteiger partial charge is 2.00 e. The van der Waals surface area contributed by atoms with Crippen LogP contribution in [0.15, 0.2) is 46.4 Å². The normalized spacial score (nSPS) is 17.1. The smallest absolute Gasteiger partial charge is 0.550 e. The van der Waals surface area contributed by atoms with Gasteiger partial charge in [-0.25, -0.2) is 0 Å². The Morgan fingerprint density at radius 2 is 1.07 bits per heavy atom. The molecular formula is C32H44CoN2O6. The molecule has 8 nitrogen and oxygen atoms in total. The first-order valence-electron chi connectivity index (χ1n) is 13.5. The molecule has 9 heteroatoms. The average molecular weight is 612 g/mol. The van der Waals surface area contributed by atoms with E-state index in [0.29, 0.717) is 0 Å². The molecule has 2 aromatic carbocycles. The maximum absolute atomic E-state index is 10.3. The van der Waals surface area contributed by atoms with E-state index in [-0.39, 0.29) is 51.2 Å². The molecule has 41 heavy (non-hydrogen) atoms. The van der Waals surface area contributed by atoms with Gasteiger partial charge in [0.15, 0.2) is 0 Å². The van der Waals surface area contributed by atoms with Gasteiger partial charge in [-0.05, 0) is 85.8 Å². The molecule has 0 amide bonds. The Kier molecular flexibility index (Phi) is 15.6. The molecule has 2 aromatic rings. The van der Waals surface area contributed by atoms with Gasteiger partial charge in [0, 0.05) is 35.5 Å². The van der Waals surface area contributed by atoms with Crippen molar-refractivity contribution in [3.05, 3.63) is 58.7 Å². The van der Waals surface area contributed by atoms with Crippen LogP contribution in [-0.4, -0.2) is 46.7 Å². The van der Waals surface area contributed by atoms with E-state index in [2.05, 4.69) is 41.5 Å². The predicted molar refractivity (Wildman–Crippen MR) is 156 cm³/mol. The number of carboxylic acids is 2. The van der Waals surface area contributed by atoms with Gasteiger partial charge >= 0.3 is 16.8 Å². The van der Waals surface area contributed by atoms with Crippen LogP contribution < -0.4 is 10.2 Å². The first-order chi connectivity index (χ1) is 18.4. The maximum Gasteiger partial charge on any atom is 2.00 e. The van der Waals surface area contributed by atoms with Crippen LogP contribution in [0, 0.1) is 0 Å². The molecule has 1 radical (unpaired) electrons. The summed E-state index contributed by atoms with van der Waals surface area (Å²) < 4.78 is 0. The number of nitrogens with zero attached hydrogens (tertiary/aromatic N) is 2. The summed E-state index contributed by atoms with van der Waals surface area (Å²) in [7, 11) is 0. The van der Waals surface area contributed by atoms with Gasteiger partial charge in [0.25, 0.3) is 0 Å². The molecular weight excluding hydrogens is 567 g/mol. The van der Waals surface area contributed by atoms with Gasteiger partial charge < -0.3 is 30.0 Å². The first-order valence-corrected chi connectivity index (χ1v) is 13.5. The van der Waals surface area contributed by atoms with Gasteiger partial charge in [0.1, 0.15) is 11.5 Å². The Morgan fingerprint density at radius 1 is 0.756 bits per heavy atom. The number of carbonyl (C=O) groups excluding carboxylic acids is 2. The number of benzene rings is 2. The Labute approximate surface area is 254 Å². The fraction of sp³-hybridized carbons (Fsp3) is 0.500. The van der Waals surface area contributed by atoms with Crippen LogP contribution in [0.2, 0.25) is 0 Å². The molecule has 2 N–H and O–H groups in total. The summed E-state index contributed by atoms with van der Waals surface area (Å²) in [5.41, 5.74) is 3.95. The number of aliphatic imine (C=N–C) groups is 2. The van der Waals surface area contributed by atoms with Crippen LogP contribution in [0.4, 0.5) is 0 Å². The molecule has 3 rings (SSSR count). The average Bonchev–Trinajstić information content (AvgIpc) is 2.81. The summed E-state index contributed by atoms with van der Waals surface area (Å²) in [6, 6.07) is 11.9. The van der Waals surface area contributed by atoms with Crippen molar-refractivity contribution >= 4 is 24.4 Å². The van der Waals surface area contributed by atoms with Crippen LogP contribution in [0.1, 0.15) is 103 Å². The first kappa shape index (κ1) is 37.8. The van der Waals surface area contributed by atoms with Crippen molar-refractivity contribution < 1.29 is 46.8 Å². The third-order valence-corrected chi connectivity index (χ3v) is 6.25. The van der Waals surface area contributed by atoms with E-state index < -0.39 is 11.9 Å². The molecule has 0 spiro atoms. The van der Waals surface area contributed by atoms with Crippen LogP contribution in [0.3, 0.4) is 0 Å². The molecule has 0 aliphatic heterocycles. The molecule has 2 atom stereocenters. The molecule has 0 saturated heterocycles. The van der Waals surface area contributed by atoms with Gasteiger partial charge in [0.2, 0.25) is 0 Å². The Bertz CT molecular complexity index is 1100. The standard InChI is InChI=1S/C28H38N2O2.2C2H4O2.Co/c1-27(2,3)21-10-12-25(31)19(14-21)17-29-23-8-7-9-24(16-23)30-18-20-15-22(28(4,5)6)11-13-26(20)32;2*1-2(3)4;/h10-15,17-18,23-24,31-32H,7-9,16H2,1-6H3;2*1H3,(H,3,4);/q;;;+2/p-2. The summed E-state index contributed by atoms with van der Waals surface area (Å²) in [6.45, 7) is 14.9. The molecule has 0 bridgehead atoms. The van der Waals surface area contributed by atoms with Crippen molar-refractivity contribution in [2.24, 2.45) is 9.98 Å². The van der Waals surface area contributed by atoms with Gasteiger partial charge in [-0.15, -0.1) is 0 Å². The van der Waals surface area contributed by atoms with E-state index in [1.165, 1.54) is 11.1 Å². The number of carboxylic acid groups (broad SMARTS) is 2. The molecule has 227 valence electrons. The quantitative estimate of drug-likeness (QED) is 0.499. The zero-order valence-corrected chi connectivity index (χ0v) is 26.4. The van der Waals surface area contributed by atoms with E-state index >= 15 is 0 Å². The molecule has 2 unspecified atom stereocenters. The molecule has 0 heterocycles. The fourth-order valence-electron chi connectivity index (χ4n) is 4.03. The molecule has 0 aromatic heterocycles. The number of aromatic hydroxyl groups is 2. The number of phenols is 2. The molecule has 1 aliphatic rings. The third-order valence-electron chi connectivity index (χ3n) is 6.25.